The van der Waals surface area contributed by atoms with E-state index >= 15 is 0 Å². The molecule has 0 bridgehead atoms. The number of fused-ring (bicyclic) bond motifs is 8. The summed E-state index contributed by atoms with van der Waals surface area (Å²) in [5, 5.41) is 22.4. The van der Waals surface area contributed by atoms with Crippen molar-refractivity contribution >= 4 is 106 Å². The van der Waals surface area contributed by atoms with Crippen LogP contribution < -0.4 is 35.8 Å². The van der Waals surface area contributed by atoms with Gasteiger partial charge < -0.3 is 19.4 Å². The summed E-state index contributed by atoms with van der Waals surface area (Å²) >= 11 is 1.72. The van der Waals surface area contributed by atoms with Gasteiger partial charge in [0.25, 0.3) is 6.71 Å². The Hall–Kier alpha value is -12.5. The Kier molecular flexibility index (Phi) is 12.5. The van der Waals surface area contributed by atoms with Crippen LogP contribution in [0, 0.1) is 22.7 Å². The summed E-state index contributed by atoms with van der Waals surface area (Å²) < 4.78 is 56.4. The summed E-state index contributed by atoms with van der Waals surface area (Å²) in [5.74, 6) is 1.30. The fourth-order valence-electron chi connectivity index (χ4n) is 13.8. The van der Waals surface area contributed by atoms with Crippen molar-refractivity contribution in [1.29, 1.82) is 10.5 Å². The molecule has 94 heavy (non-hydrogen) atoms. The van der Waals surface area contributed by atoms with Crippen LogP contribution in [-0.2, 0) is 0 Å². The average molecular weight is 1220 g/mol. The molecule has 15 aromatic rings. The number of ether oxygens (including phenoxy) is 1. The van der Waals surface area contributed by atoms with Crippen LogP contribution in [0.25, 0.3) is 75.8 Å². The SMILES string of the molecule is [2H]c1c([2H])c([2H])c(N(c2ccc(C#N)cc2)c2ccc3c(c2)N(c2c(-c4ccccc4)cccc2-c2ccccc2)c2cc(-c4cc(-c5ccccc5)cc(-c5ccccc5)c4)cc4c2B3c2c(cc(N(c3ccccc3)c3ccc(C#N)cc3)c3c2sc2ccccc23)O4)c([2H])c1[2H]. The van der Waals surface area contributed by atoms with Crippen LogP contribution in [0.2, 0.25) is 0 Å². The second-order valence-corrected chi connectivity index (χ2v) is 24.4. The summed E-state index contributed by atoms with van der Waals surface area (Å²) in [5.41, 5.74) is 19.6. The topological polar surface area (TPSA) is 66.5 Å². The molecule has 14 aromatic carbocycles. The first-order valence-corrected chi connectivity index (χ1v) is 31.9. The summed E-state index contributed by atoms with van der Waals surface area (Å²) in [7, 11) is 0. The molecule has 0 spiro atoms. The number of nitrogens with zero attached hydrogens (tertiary/aromatic N) is 5. The summed E-state index contributed by atoms with van der Waals surface area (Å²) in [6.45, 7) is -0.526. The first kappa shape index (κ1) is 50.3. The number of para-hydroxylation sites is 3. The maximum atomic E-state index is 10.2. The molecule has 3 heterocycles. The number of rotatable bonds is 12. The Bertz CT molecular complexity index is 5670. The highest BCUT2D eigenvalue weighted by Crippen LogP contribution is 2.54. The molecule has 0 fully saturated rings. The first-order valence-electron chi connectivity index (χ1n) is 33.6. The van der Waals surface area contributed by atoms with Crippen molar-refractivity contribution in [3.8, 4) is 79.3 Å². The number of hydrogen-bond donors (Lipinski definition) is 0. The van der Waals surface area contributed by atoms with Gasteiger partial charge in [0.05, 0.1) is 41.5 Å². The summed E-state index contributed by atoms with van der Waals surface area (Å²) in [4.78, 5) is 6.37. The van der Waals surface area contributed by atoms with Crippen molar-refractivity contribution in [2.24, 2.45) is 0 Å². The van der Waals surface area contributed by atoms with Gasteiger partial charge in [-0.15, -0.1) is 11.3 Å². The van der Waals surface area contributed by atoms with E-state index in [4.69, 9.17) is 8.85 Å². The Balaban J connectivity index is 1.03. The highest BCUT2D eigenvalue weighted by molar-refractivity contribution is 7.28. The van der Waals surface area contributed by atoms with Crippen molar-refractivity contribution in [2.75, 3.05) is 14.7 Å². The first-order chi connectivity index (χ1) is 48.6. The third-order valence-corrected chi connectivity index (χ3v) is 19.2. The number of hydrogen-bond acceptors (Lipinski definition) is 7. The molecule has 0 amide bonds. The number of nitriles is 2. The van der Waals surface area contributed by atoms with E-state index in [0.717, 1.165) is 126 Å². The molecule has 0 atom stereocenters. The monoisotopic (exact) mass is 1220 g/mol. The second kappa shape index (κ2) is 23.4. The molecule has 17 rings (SSSR count). The van der Waals surface area contributed by atoms with Crippen LogP contribution in [0.1, 0.15) is 18.0 Å². The Morgan fingerprint density at radius 2 is 0.883 bits per heavy atom. The Morgan fingerprint density at radius 1 is 0.394 bits per heavy atom. The van der Waals surface area contributed by atoms with Crippen molar-refractivity contribution in [2.45, 2.75) is 0 Å². The van der Waals surface area contributed by atoms with Crippen molar-refractivity contribution < 1.29 is 11.6 Å². The van der Waals surface area contributed by atoms with Gasteiger partial charge in [-0.05, 0) is 182 Å². The number of thiophene rings is 1. The molecular formula is C86H54BN5OS. The molecule has 0 saturated carbocycles. The minimum absolute atomic E-state index is 0.0543. The van der Waals surface area contributed by atoms with Gasteiger partial charge in [-0.1, -0.05) is 200 Å². The van der Waals surface area contributed by atoms with E-state index in [1.807, 2.05) is 72.8 Å². The average Bonchev–Trinajstić information content (AvgIpc) is 1.62. The van der Waals surface area contributed by atoms with Gasteiger partial charge >= 0.3 is 0 Å². The maximum absolute atomic E-state index is 10.2. The third-order valence-electron chi connectivity index (χ3n) is 18.0. The normalized spacial score (nSPS) is 12.6. The van der Waals surface area contributed by atoms with Crippen LogP contribution in [0.15, 0.2) is 327 Å². The van der Waals surface area contributed by atoms with E-state index in [0.29, 0.717) is 34.0 Å². The molecule has 438 valence electrons. The zero-order valence-corrected chi connectivity index (χ0v) is 51.2. The second-order valence-electron chi connectivity index (χ2n) is 23.4. The van der Waals surface area contributed by atoms with Crippen molar-refractivity contribution in [1.82, 2.24) is 0 Å². The van der Waals surface area contributed by atoms with Gasteiger partial charge in [0.15, 0.2) is 0 Å². The van der Waals surface area contributed by atoms with Gasteiger partial charge in [0, 0.05) is 77.2 Å². The van der Waals surface area contributed by atoms with Crippen LogP contribution in [0.4, 0.5) is 51.2 Å². The molecule has 0 aliphatic carbocycles. The maximum Gasteiger partial charge on any atom is 0.258 e. The van der Waals surface area contributed by atoms with E-state index in [9.17, 15) is 13.3 Å². The Morgan fingerprint density at radius 3 is 1.47 bits per heavy atom. The lowest BCUT2D eigenvalue weighted by molar-refractivity contribution is 0.488. The molecule has 2 aliphatic rings. The fraction of sp³-hybridized carbons (Fsp3) is 0. The molecule has 0 radical (unpaired) electrons. The third kappa shape index (κ3) is 9.65. The van der Waals surface area contributed by atoms with Crippen LogP contribution >= 0.6 is 11.3 Å². The van der Waals surface area contributed by atoms with Crippen molar-refractivity contribution in [3.63, 3.8) is 0 Å². The molecule has 1 aromatic heterocycles. The highest BCUT2D eigenvalue weighted by atomic mass is 32.1. The molecular weight excluding hydrogens is 1160 g/mol. The van der Waals surface area contributed by atoms with E-state index in [1.165, 1.54) is 0 Å². The van der Waals surface area contributed by atoms with E-state index in [1.54, 1.807) is 40.5 Å². The van der Waals surface area contributed by atoms with E-state index in [-0.39, 0.29) is 17.8 Å². The van der Waals surface area contributed by atoms with Gasteiger partial charge in [0.1, 0.15) is 11.5 Å². The molecule has 8 heteroatoms. The zero-order valence-electron chi connectivity index (χ0n) is 55.4. The zero-order chi connectivity index (χ0) is 67.0. The largest absolute Gasteiger partial charge is 0.458 e. The predicted octanol–water partition coefficient (Wildman–Crippen LogP) is 21.5. The molecule has 0 saturated heterocycles. The lowest BCUT2D eigenvalue weighted by Crippen LogP contribution is -2.59. The van der Waals surface area contributed by atoms with E-state index < -0.39 is 24.8 Å². The predicted molar refractivity (Wildman–Crippen MR) is 391 cm³/mol. The lowest BCUT2D eigenvalue weighted by Gasteiger charge is -2.42. The highest BCUT2D eigenvalue weighted by Gasteiger charge is 2.46. The Labute approximate surface area is 557 Å². The molecule has 6 nitrogen and oxygen atoms in total. The van der Waals surface area contributed by atoms with Crippen LogP contribution in [-0.4, -0.2) is 6.71 Å². The van der Waals surface area contributed by atoms with Crippen LogP contribution in [0.5, 0.6) is 11.5 Å². The smallest absolute Gasteiger partial charge is 0.258 e. The fourth-order valence-corrected chi connectivity index (χ4v) is 15.1. The van der Waals surface area contributed by atoms with Gasteiger partial charge in [0.2, 0.25) is 0 Å². The summed E-state index contributed by atoms with van der Waals surface area (Å²) in [6.07, 6.45) is 0. The molecule has 0 N–H and O–H groups in total. The van der Waals surface area contributed by atoms with Gasteiger partial charge in [-0.25, -0.2) is 0 Å². The standard InChI is InChI=1S/C86H54BN5OS/c88-55-57-38-42-69(43-39-57)90(67-30-15-5-16-31-67)71-46-47-75-76(53-71)92(85-72(61-26-11-3-12-27-61)35-21-36-73(85)62-28-13-4-14-29-62)78-51-66(65-49-63(59-22-7-1-8-23-59)48-64(50-65)60-24-9-2-10-25-60)52-79-83(78)87(75)84-80(93-79)54-77(82-74-34-19-20-37-81(74)94-86(82)84)91(68-32-17-6-18-33-68)70-44-40-58(56-89)41-45-70/h1-54H/i5D,15D,16D,30D,31D. The van der Waals surface area contributed by atoms with E-state index in [2.05, 4.69) is 222 Å². The van der Waals surface area contributed by atoms with Gasteiger partial charge in [-0.3, -0.25) is 0 Å². The van der Waals surface area contributed by atoms with Gasteiger partial charge in [-0.2, -0.15) is 10.5 Å². The number of benzene rings is 14. The minimum atomic E-state index is -0.526. The molecule has 2 aliphatic heterocycles. The molecule has 0 unspecified atom stereocenters. The summed E-state index contributed by atoms with van der Waals surface area (Å²) in [6, 6.07) is 104. The number of anilines is 9. The van der Waals surface area contributed by atoms with Crippen molar-refractivity contribution in [3.05, 3.63) is 339 Å². The lowest BCUT2D eigenvalue weighted by atomic mass is 9.34. The van der Waals surface area contributed by atoms with Crippen LogP contribution in [0.3, 0.4) is 0 Å². The quantitative estimate of drug-likeness (QED) is 0.114. The minimum Gasteiger partial charge on any atom is -0.458 e.